The van der Waals surface area contributed by atoms with Crippen LogP contribution in [0, 0.1) is 6.92 Å². The van der Waals surface area contributed by atoms with Crippen LogP contribution < -0.4 is 5.32 Å². The van der Waals surface area contributed by atoms with Gasteiger partial charge in [-0.3, -0.25) is 4.79 Å². The summed E-state index contributed by atoms with van der Waals surface area (Å²) in [6.45, 7) is 3.15. The van der Waals surface area contributed by atoms with E-state index in [1.165, 1.54) is 0 Å². The third-order valence-electron chi connectivity index (χ3n) is 2.86. The van der Waals surface area contributed by atoms with Crippen molar-refractivity contribution in [3.63, 3.8) is 0 Å². The van der Waals surface area contributed by atoms with Gasteiger partial charge in [-0.15, -0.1) is 0 Å². The number of hydrogen-bond acceptors (Lipinski definition) is 4. The summed E-state index contributed by atoms with van der Waals surface area (Å²) < 4.78 is 24.1. The first kappa shape index (κ1) is 16.7. The monoisotopic (exact) mass is 298 g/mol. The highest BCUT2D eigenvalue weighted by molar-refractivity contribution is 7.91. The largest absolute Gasteiger partial charge is 0.355 e. The molecule has 1 rings (SSSR count). The maximum absolute atomic E-state index is 12.0. The Hall–Kier alpha value is -1.40. The highest BCUT2D eigenvalue weighted by atomic mass is 32.2. The molecule has 0 bridgehead atoms. The van der Waals surface area contributed by atoms with Crippen LogP contribution in [0.3, 0.4) is 0 Å². The van der Waals surface area contributed by atoms with Crippen molar-refractivity contribution in [3.8, 4) is 0 Å². The van der Waals surface area contributed by atoms with E-state index in [1.54, 1.807) is 24.3 Å². The SMILES string of the molecule is Cc1ccc(S(=O)(=O)CCC(=O)NCCN(C)C)cc1. The van der Waals surface area contributed by atoms with Crippen molar-refractivity contribution < 1.29 is 13.2 Å². The van der Waals surface area contributed by atoms with Gasteiger partial charge in [-0.25, -0.2) is 8.42 Å². The first-order chi connectivity index (χ1) is 9.31. The molecule has 1 aromatic rings. The zero-order valence-corrected chi connectivity index (χ0v) is 13.0. The van der Waals surface area contributed by atoms with Gasteiger partial charge < -0.3 is 10.2 Å². The molecule has 0 atom stereocenters. The minimum Gasteiger partial charge on any atom is -0.355 e. The summed E-state index contributed by atoms with van der Waals surface area (Å²) >= 11 is 0. The molecule has 0 heterocycles. The predicted molar refractivity (Wildman–Crippen MR) is 79.4 cm³/mol. The summed E-state index contributed by atoms with van der Waals surface area (Å²) in [6, 6.07) is 6.66. The number of rotatable bonds is 7. The zero-order chi connectivity index (χ0) is 15.2. The van der Waals surface area contributed by atoms with E-state index in [0.717, 1.165) is 12.1 Å². The zero-order valence-electron chi connectivity index (χ0n) is 12.2. The first-order valence-corrected chi connectivity index (χ1v) is 8.17. The van der Waals surface area contributed by atoms with Crippen LogP contribution in [0.15, 0.2) is 29.2 Å². The van der Waals surface area contributed by atoms with Crippen molar-refractivity contribution in [1.29, 1.82) is 0 Å². The molecular formula is C14H22N2O3S. The molecule has 0 saturated heterocycles. The lowest BCUT2D eigenvalue weighted by molar-refractivity contribution is -0.120. The van der Waals surface area contributed by atoms with Crippen LogP contribution in [-0.2, 0) is 14.6 Å². The topological polar surface area (TPSA) is 66.5 Å². The molecule has 1 amide bonds. The van der Waals surface area contributed by atoms with Crippen molar-refractivity contribution in [2.75, 3.05) is 32.9 Å². The number of hydrogen-bond donors (Lipinski definition) is 1. The van der Waals surface area contributed by atoms with Gasteiger partial charge in [0.25, 0.3) is 0 Å². The van der Waals surface area contributed by atoms with Gasteiger partial charge in [0, 0.05) is 19.5 Å². The fraction of sp³-hybridized carbons (Fsp3) is 0.500. The minimum atomic E-state index is -3.38. The van der Waals surface area contributed by atoms with Gasteiger partial charge >= 0.3 is 0 Å². The Labute approximate surface area is 120 Å². The van der Waals surface area contributed by atoms with Crippen molar-refractivity contribution in [1.82, 2.24) is 10.2 Å². The summed E-state index contributed by atoms with van der Waals surface area (Å²) in [6.07, 6.45) is -0.0103. The summed E-state index contributed by atoms with van der Waals surface area (Å²) in [4.78, 5) is 13.8. The summed E-state index contributed by atoms with van der Waals surface area (Å²) in [7, 11) is 0.437. The van der Waals surface area contributed by atoms with Gasteiger partial charge in [0.2, 0.25) is 5.91 Å². The quantitative estimate of drug-likeness (QED) is 0.810. The average Bonchev–Trinajstić information content (AvgIpc) is 2.36. The molecule has 0 radical (unpaired) electrons. The van der Waals surface area contributed by atoms with Gasteiger partial charge in [0.1, 0.15) is 0 Å². The van der Waals surface area contributed by atoms with E-state index in [2.05, 4.69) is 5.32 Å². The molecular weight excluding hydrogens is 276 g/mol. The summed E-state index contributed by atoms with van der Waals surface area (Å²) in [5.74, 6) is -0.397. The third kappa shape index (κ3) is 5.71. The standard InChI is InChI=1S/C14H22N2O3S/c1-12-4-6-13(7-5-12)20(18,19)11-8-14(17)15-9-10-16(2)3/h4-7H,8-11H2,1-3H3,(H,15,17). The van der Waals surface area contributed by atoms with Crippen molar-refractivity contribution in [2.24, 2.45) is 0 Å². The number of aryl methyl sites for hydroxylation is 1. The number of carbonyl (C=O) groups is 1. The number of benzene rings is 1. The number of amides is 1. The molecule has 0 aromatic heterocycles. The minimum absolute atomic E-state index is 0.0103. The smallest absolute Gasteiger partial charge is 0.221 e. The lowest BCUT2D eigenvalue weighted by Crippen LogP contribution is -2.32. The molecule has 20 heavy (non-hydrogen) atoms. The van der Waals surface area contributed by atoms with Crippen LogP contribution in [0.25, 0.3) is 0 Å². The fourth-order valence-electron chi connectivity index (χ4n) is 1.60. The lowest BCUT2D eigenvalue weighted by atomic mass is 10.2. The maximum atomic E-state index is 12.0. The average molecular weight is 298 g/mol. The van der Waals surface area contributed by atoms with Gasteiger partial charge in [-0.05, 0) is 33.2 Å². The number of nitrogens with one attached hydrogen (secondary N) is 1. The summed E-state index contributed by atoms with van der Waals surface area (Å²) in [5, 5.41) is 2.70. The van der Waals surface area contributed by atoms with E-state index in [-0.39, 0.29) is 23.0 Å². The Bertz CT molecular complexity index is 536. The molecule has 0 aliphatic carbocycles. The number of carbonyl (C=O) groups excluding carboxylic acids is 1. The van der Waals surface area contributed by atoms with Crippen LogP contribution in [0.5, 0.6) is 0 Å². The third-order valence-corrected chi connectivity index (χ3v) is 4.59. The van der Waals surface area contributed by atoms with Gasteiger partial charge in [0.15, 0.2) is 9.84 Å². The summed E-state index contributed by atoms with van der Waals surface area (Å²) in [5.41, 5.74) is 1.00. The van der Waals surface area contributed by atoms with Crippen molar-refractivity contribution in [2.45, 2.75) is 18.2 Å². The van der Waals surface area contributed by atoms with E-state index in [4.69, 9.17) is 0 Å². The van der Waals surface area contributed by atoms with E-state index in [1.807, 2.05) is 25.9 Å². The normalized spacial score (nSPS) is 11.6. The molecule has 112 valence electrons. The lowest BCUT2D eigenvalue weighted by Gasteiger charge is -2.10. The van der Waals surface area contributed by atoms with E-state index < -0.39 is 9.84 Å². The maximum Gasteiger partial charge on any atom is 0.221 e. The Morgan fingerprint density at radius 2 is 1.80 bits per heavy atom. The van der Waals surface area contributed by atoms with E-state index >= 15 is 0 Å². The van der Waals surface area contributed by atoms with Gasteiger partial charge in [-0.1, -0.05) is 17.7 Å². The molecule has 5 nitrogen and oxygen atoms in total. The van der Waals surface area contributed by atoms with Crippen molar-refractivity contribution >= 4 is 15.7 Å². The van der Waals surface area contributed by atoms with Crippen LogP contribution in [0.1, 0.15) is 12.0 Å². The van der Waals surface area contributed by atoms with Crippen LogP contribution >= 0.6 is 0 Å². The van der Waals surface area contributed by atoms with Crippen LogP contribution in [0.4, 0.5) is 0 Å². The number of nitrogens with zero attached hydrogens (tertiary/aromatic N) is 1. The van der Waals surface area contributed by atoms with Crippen LogP contribution in [0.2, 0.25) is 0 Å². The molecule has 0 spiro atoms. The Morgan fingerprint density at radius 3 is 2.35 bits per heavy atom. The molecule has 0 unspecified atom stereocenters. The molecule has 1 aromatic carbocycles. The molecule has 1 N–H and O–H groups in total. The van der Waals surface area contributed by atoms with E-state index in [0.29, 0.717) is 6.54 Å². The Balaban J connectivity index is 2.47. The Morgan fingerprint density at radius 1 is 1.20 bits per heavy atom. The first-order valence-electron chi connectivity index (χ1n) is 6.52. The second-order valence-corrected chi connectivity index (χ2v) is 7.14. The van der Waals surface area contributed by atoms with Crippen LogP contribution in [-0.4, -0.2) is 52.2 Å². The second-order valence-electron chi connectivity index (χ2n) is 5.04. The number of likely N-dealkylation sites (N-methyl/N-ethyl adjacent to an activating group) is 1. The molecule has 0 aliphatic rings. The number of sulfone groups is 1. The van der Waals surface area contributed by atoms with E-state index in [9.17, 15) is 13.2 Å². The molecule has 0 saturated carbocycles. The van der Waals surface area contributed by atoms with Crippen molar-refractivity contribution in [3.05, 3.63) is 29.8 Å². The molecule has 6 heteroatoms. The molecule has 0 fully saturated rings. The fourth-order valence-corrected chi connectivity index (χ4v) is 2.84. The molecule has 0 aliphatic heterocycles. The highest BCUT2D eigenvalue weighted by Gasteiger charge is 2.16. The Kier molecular flexibility index (Phi) is 6.16. The second kappa shape index (κ2) is 7.40. The van der Waals surface area contributed by atoms with Gasteiger partial charge in [0.05, 0.1) is 10.6 Å². The highest BCUT2D eigenvalue weighted by Crippen LogP contribution is 2.12. The predicted octanol–water partition coefficient (Wildman–Crippen LogP) is 0.837. The van der Waals surface area contributed by atoms with Gasteiger partial charge in [-0.2, -0.15) is 0 Å².